The van der Waals surface area contributed by atoms with Gasteiger partial charge in [0.1, 0.15) is 5.69 Å². The highest BCUT2D eigenvalue weighted by atomic mass is 35.5. The van der Waals surface area contributed by atoms with Gasteiger partial charge in [0.2, 0.25) is 0 Å². The number of benzene rings is 3. The summed E-state index contributed by atoms with van der Waals surface area (Å²) in [6.07, 6.45) is 0. The van der Waals surface area contributed by atoms with E-state index in [2.05, 4.69) is 10.4 Å². The molecule has 4 aromatic rings. The summed E-state index contributed by atoms with van der Waals surface area (Å²) in [6, 6.07) is 23.9. The van der Waals surface area contributed by atoms with E-state index in [1.54, 1.807) is 28.9 Å². The normalized spacial score (nSPS) is 10.7. The Balaban J connectivity index is 1.79. The summed E-state index contributed by atoms with van der Waals surface area (Å²) in [6.45, 7) is 2.00. The summed E-state index contributed by atoms with van der Waals surface area (Å²) in [4.78, 5) is 13.1. The van der Waals surface area contributed by atoms with Gasteiger partial charge in [0, 0.05) is 16.3 Å². The van der Waals surface area contributed by atoms with Gasteiger partial charge >= 0.3 is 0 Å². The number of aryl methyl sites for hydroxylation is 1. The van der Waals surface area contributed by atoms with E-state index in [1.807, 2.05) is 61.5 Å². The Bertz CT molecular complexity index is 1180. The van der Waals surface area contributed by atoms with Gasteiger partial charge in [-0.15, -0.1) is 0 Å². The van der Waals surface area contributed by atoms with Gasteiger partial charge in [0.15, 0.2) is 0 Å². The van der Waals surface area contributed by atoms with Gasteiger partial charge in [-0.2, -0.15) is 5.10 Å². The molecule has 6 heteroatoms. The Morgan fingerprint density at radius 1 is 0.931 bits per heavy atom. The molecule has 0 fully saturated rings. The predicted octanol–water partition coefficient (Wildman–Crippen LogP) is 6.41. The molecule has 1 N–H and O–H groups in total. The minimum atomic E-state index is -0.278. The fraction of sp³-hybridized carbons (Fsp3) is 0.0435. The lowest BCUT2D eigenvalue weighted by Crippen LogP contribution is -2.16. The van der Waals surface area contributed by atoms with Gasteiger partial charge in [0.05, 0.1) is 16.4 Å². The molecule has 1 aromatic heterocycles. The number of anilines is 1. The average molecular weight is 422 g/mol. The van der Waals surface area contributed by atoms with Crippen molar-refractivity contribution in [2.75, 3.05) is 5.32 Å². The number of nitrogens with one attached hydrogen (secondary N) is 1. The van der Waals surface area contributed by atoms with Gasteiger partial charge in [-0.1, -0.05) is 65.2 Å². The molecule has 0 aliphatic heterocycles. The van der Waals surface area contributed by atoms with E-state index in [-0.39, 0.29) is 5.91 Å². The minimum Gasteiger partial charge on any atom is -0.321 e. The number of carbonyl (C=O) groups excluding carboxylic acids is 1. The zero-order valence-electron chi connectivity index (χ0n) is 15.6. The van der Waals surface area contributed by atoms with Crippen molar-refractivity contribution in [2.45, 2.75) is 6.92 Å². The number of halogens is 2. The Morgan fingerprint density at radius 2 is 1.69 bits per heavy atom. The third-order valence-electron chi connectivity index (χ3n) is 4.45. The summed E-state index contributed by atoms with van der Waals surface area (Å²) < 4.78 is 1.58. The summed E-state index contributed by atoms with van der Waals surface area (Å²) in [7, 11) is 0. The number of rotatable bonds is 4. The molecule has 0 unspecified atom stereocenters. The molecule has 0 spiro atoms. The number of nitrogens with zero attached hydrogens (tertiary/aromatic N) is 2. The number of carbonyl (C=O) groups is 1. The van der Waals surface area contributed by atoms with Gasteiger partial charge < -0.3 is 5.32 Å². The van der Waals surface area contributed by atoms with E-state index in [1.165, 1.54) is 0 Å². The van der Waals surface area contributed by atoms with Crippen molar-refractivity contribution in [1.29, 1.82) is 0 Å². The molecular formula is C23H17Cl2N3O. The summed E-state index contributed by atoms with van der Waals surface area (Å²) in [5.74, 6) is -0.278. The molecule has 0 saturated carbocycles. The molecule has 0 saturated heterocycles. The van der Waals surface area contributed by atoms with Crippen LogP contribution in [0.25, 0.3) is 16.9 Å². The first kappa shape index (κ1) is 19.2. The molecule has 144 valence electrons. The van der Waals surface area contributed by atoms with E-state index < -0.39 is 0 Å². The molecule has 0 aliphatic carbocycles. The molecular weight excluding hydrogens is 405 g/mol. The van der Waals surface area contributed by atoms with Gasteiger partial charge in [-0.3, -0.25) is 4.79 Å². The molecule has 0 aliphatic rings. The first-order valence-corrected chi connectivity index (χ1v) is 9.76. The molecule has 3 aromatic carbocycles. The second-order valence-corrected chi connectivity index (χ2v) is 7.45. The molecule has 4 nitrogen and oxygen atoms in total. The highest BCUT2D eigenvalue weighted by Crippen LogP contribution is 2.29. The average Bonchev–Trinajstić information content (AvgIpc) is 3.15. The van der Waals surface area contributed by atoms with Gasteiger partial charge in [-0.05, 0) is 49.4 Å². The first-order chi connectivity index (χ1) is 14.0. The molecule has 1 amide bonds. The number of amides is 1. The second kappa shape index (κ2) is 8.11. The number of hydrogen-bond donors (Lipinski definition) is 1. The summed E-state index contributed by atoms with van der Waals surface area (Å²) in [5.41, 5.74) is 4.24. The molecule has 29 heavy (non-hydrogen) atoms. The maximum absolute atomic E-state index is 13.1. The van der Waals surface area contributed by atoms with E-state index in [9.17, 15) is 4.79 Å². The molecule has 0 atom stereocenters. The molecule has 0 bridgehead atoms. The maximum atomic E-state index is 13.1. The van der Waals surface area contributed by atoms with Crippen molar-refractivity contribution in [1.82, 2.24) is 9.78 Å². The van der Waals surface area contributed by atoms with Crippen LogP contribution in [-0.4, -0.2) is 15.7 Å². The lowest BCUT2D eigenvalue weighted by Gasteiger charge is -2.09. The van der Waals surface area contributed by atoms with E-state index >= 15 is 0 Å². The lowest BCUT2D eigenvalue weighted by molar-refractivity contribution is 0.101. The van der Waals surface area contributed by atoms with E-state index in [4.69, 9.17) is 23.2 Å². The molecule has 4 rings (SSSR count). The third kappa shape index (κ3) is 4.19. The zero-order chi connectivity index (χ0) is 20.4. The predicted molar refractivity (Wildman–Crippen MR) is 118 cm³/mol. The Hall–Kier alpha value is -3.08. The first-order valence-electron chi connectivity index (χ1n) is 9.00. The highest BCUT2D eigenvalue weighted by molar-refractivity contribution is 6.33. The van der Waals surface area contributed by atoms with Crippen molar-refractivity contribution < 1.29 is 4.79 Å². The van der Waals surface area contributed by atoms with Crippen LogP contribution in [0, 0.1) is 6.92 Å². The van der Waals surface area contributed by atoms with Crippen LogP contribution in [0.5, 0.6) is 0 Å². The fourth-order valence-electron chi connectivity index (χ4n) is 2.98. The monoisotopic (exact) mass is 421 g/mol. The molecule has 1 heterocycles. The van der Waals surface area contributed by atoms with Crippen LogP contribution in [0.2, 0.25) is 10.0 Å². The minimum absolute atomic E-state index is 0.278. The number of hydrogen-bond acceptors (Lipinski definition) is 2. The van der Waals surface area contributed by atoms with E-state index in [0.29, 0.717) is 32.8 Å². The number of aromatic nitrogens is 2. The van der Waals surface area contributed by atoms with Crippen LogP contribution < -0.4 is 5.32 Å². The quantitative estimate of drug-likeness (QED) is 0.413. The van der Waals surface area contributed by atoms with Crippen LogP contribution >= 0.6 is 23.2 Å². The van der Waals surface area contributed by atoms with Crippen LogP contribution in [-0.2, 0) is 0 Å². The van der Waals surface area contributed by atoms with Crippen LogP contribution in [0.1, 0.15) is 16.1 Å². The Labute approximate surface area is 178 Å². The zero-order valence-corrected chi connectivity index (χ0v) is 17.1. The summed E-state index contributed by atoms with van der Waals surface area (Å²) >= 11 is 12.5. The standard InChI is InChI=1S/C23H17Cl2N3O/c1-15-9-11-17(12-10-15)26-23(29)22-14-21(19-7-2-3-8-20(19)25)27-28(22)18-6-4-5-16(24)13-18/h2-14H,1H3,(H,26,29). The van der Waals surface area contributed by atoms with Crippen molar-refractivity contribution in [3.63, 3.8) is 0 Å². The topological polar surface area (TPSA) is 46.9 Å². The van der Waals surface area contributed by atoms with Crippen molar-refractivity contribution in [3.05, 3.63) is 100 Å². The maximum Gasteiger partial charge on any atom is 0.274 e. The molecule has 0 radical (unpaired) electrons. The van der Waals surface area contributed by atoms with Crippen molar-refractivity contribution in [3.8, 4) is 16.9 Å². The fourth-order valence-corrected chi connectivity index (χ4v) is 3.40. The van der Waals surface area contributed by atoms with Crippen LogP contribution in [0.15, 0.2) is 78.9 Å². The van der Waals surface area contributed by atoms with Gasteiger partial charge in [0.25, 0.3) is 5.91 Å². The van der Waals surface area contributed by atoms with Crippen molar-refractivity contribution in [2.24, 2.45) is 0 Å². The van der Waals surface area contributed by atoms with E-state index in [0.717, 1.165) is 11.1 Å². The largest absolute Gasteiger partial charge is 0.321 e. The van der Waals surface area contributed by atoms with Crippen molar-refractivity contribution >= 4 is 34.8 Å². The summed E-state index contributed by atoms with van der Waals surface area (Å²) in [5, 5.41) is 8.69. The van der Waals surface area contributed by atoms with Gasteiger partial charge in [-0.25, -0.2) is 4.68 Å². The van der Waals surface area contributed by atoms with Crippen LogP contribution in [0.3, 0.4) is 0 Å². The highest BCUT2D eigenvalue weighted by Gasteiger charge is 2.19. The Morgan fingerprint density at radius 3 is 2.41 bits per heavy atom. The Kier molecular flexibility index (Phi) is 5.38. The lowest BCUT2D eigenvalue weighted by atomic mass is 10.1. The SMILES string of the molecule is Cc1ccc(NC(=O)c2cc(-c3ccccc3Cl)nn2-c2cccc(Cl)c2)cc1. The smallest absolute Gasteiger partial charge is 0.274 e. The third-order valence-corrected chi connectivity index (χ3v) is 5.02. The van der Waals surface area contributed by atoms with Crippen LogP contribution in [0.4, 0.5) is 5.69 Å². The second-order valence-electron chi connectivity index (χ2n) is 6.61.